The Morgan fingerprint density at radius 2 is 1.82 bits per heavy atom. The zero-order valence-corrected chi connectivity index (χ0v) is 22.7. The van der Waals surface area contributed by atoms with Gasteiger partial charge in [-0.15, -0.1) is 0 Å². The van der Waals surface area contributed by atoms with E-state index in [9.17, 15) is 22.8 Å². The van der Waals surface area contributed by atoms with E-state index < -0.39 is 29.3 Å². The standard InChI is InChI=1S/C30H35F3O6/c1-27(2)23-11-10-18-17-38-22(20-13-15-37-25(20)34)16-21(18)28(23,3)14-12-24(27)39-26(35)29(36-4,30(31,32)33)19-8-6-5-7-9-19/h5-9,13,22-24H,10-12,14-17H2,1-4H3/t22-,23-,24-,28+,29+/m0/s1. The minimum atomic E-state index is -5.02. The fraction of sp³-hybridized carbons (Fsp3) is 0.600. The van der Waals surface area contributed by atoms with E-state index >= 15 is 0 Å². The van der Waals surface area contributed by atoms with Crippen LogP contribution >= 0.6 is 0 Å². The number of alkyl halides is 3. The van der Waals surface area contributed by atoms with E-state index in [-0.39, 0.29) is 35.6 Å². The highest BCUT2D eigenvalue weighted by Gasteiger charge is 2.65. The van der Waals surface area contributed by atoms with Gasteiger partial charge in [0.2, 0.25) is 0 Å². The molecule has 1 aromatic carbocycles. The molecule has 5 atom stereocenters. The molecule has 0 spiro atoms. The molecule has 6 nitrogen and oxygen atoms in total. The molecule has 1 saturated carbocycles. The lowest BCUT2D eigenvalue weighted by molar-refractivity contribution is -0.281. The Hall–Kier alpha value is -2.65. The number of fused-ring (bicyclic) bond motifs is 2. The van der Waals surface area contributed by atoms with Gasteiger partial charge in [0, 0.05) is 18.1 Å². The maximum atomic E-state index is 14.5. The number of ether oxygens (including phenoxy) is 4. The number of hydrogen-bond donors (Lipinski definition) is 0. The number of methoxy groups -OCH3 is 1. The minimum Gasteiger partial charge on any atom is -0.459 e. The van der Waals surface area contributed by atoms with E-state index in [0.717, 1.165) is 20.0 Å². The average Bonchev–Trinajstić information content (AvgIpc) is 3.32. The molecule has 0 amide bonds. The molecule has 0 N–H and O–H groups in total. The largest absolute Gasteiger partial charge is 0.459 e. The van der Waals surface area contributed by atoms with Crippen LogP contribution in [0.3, 0.4) is 0 Å². The van der Waals surface area contributed by atoms with Crippen LogP contribution in [0.25, 0.3) is 0 Å². The molecule has 0 unspecified atom stereocenters. The smallest absolute Gasteiger partial charge is 0.432 e. The summed E-state index contributed by atoms with van der Waals surface area (Å²) in [5.74, 6) is -1.74. The Balaban J connectivity index is 1.41. The first-order chi connectivity index (χ1) is 18.4. The summed E-state index contributed by atoms with van der Waals surface area (Å²) in [4.78, 5) is 25.6. The van der Waals surface area contributed by atoms with Gasteiger partial charge in [-0.25, -0.2) is 9.59 Å². The summed E-state index contributed by atoms with van der Waals surface area (Å²) in [6.07, 6.45) is -1.10. The van der Waals surface area contributed by atoms with Gasteiger partial charge in [-0.1, -0.05) is 56.7 Å². The Morgan fingerprint density at radius 3 is 2.44 bits per heavy atom. The highest BCUT2D eigenvalue weighted by molar-refractivity contribution is 5.91. The normalized spacial score (nSPS) is 31.9. The molecule has 0 bridgehead atoms. The Morgan fingerprint density at radius 1 is 1.10 bits per heavy atom. The number of rotatable bonds is 5. The molecule has 1 aromatic rings. The summed E-state index contributed by atoms with van der Waals surface area (Å²) in [7, 11) is 0.886. The molecule has 212 valence electrons. The van der Waals surface area contributed by atoms with E-state index in [2.05, 4.69) is 6.92 Å². The van der Waals surface area contributed by atoms with Crippen molar-refractivity contribution in [2.45, 2.75) is 76.9 Å². The van der Waals surface area contributed by atoms with Crippen LogP contribution in [0.15, 0.2) is 53.1 Å². The van der Waals surface area contributed by atoms with Crippen molar-refractivity contribution in [3.63, 3.8) is 0 Å². The predicted octanol–water partition coefficient (Wildman–Crippen LogP) is 5.81. The zero-order valence-electron chi connectivity index (χ0n) is 22.7. The third-order valence-electron chi connectivity index (χ3n) is 9.64. The van der Waals surface area contributed by atoms with Crippen LogP contribution in [-0.4, -0.2) is 50.6 Å². The molecule has 1 fully saturated rings. The second-order valence-electron chi connectivity index (χ2n) is 11.9. The first-order valence-corrected chi connectivity index (χ1v) is 13.4. The summed E-state index contributed by atoms with van der Waals surface area (Å²) in [5, 5.41) is 0. The van der Waals surface area contributed by atoms with Crippen LogP contribution < -0.4 is 0 Å². The highest BCUT2D eigenvalue weighted by atomic mass is 19.4. The number of esters is 2. The van der Waals surface area contributed by atoms with E-state index in [4.69, 9.17) is 18.9 Å². The predicted molar refractivity (Wildman–Crippen MR) is 135 cm³/mol. The van der Waals surface area contributed by atoms with Gasteiger partial charge in [-0.2, -0.15) is 13.2 Å². The van der Waals surface area contributed by atoms with Crippen LogP contribution in [-0.2, 0) is 34.1 Å². The number of carbonyl (C=O) groups excluding carboxylic acids is 2. The number of benzene rings is 1. The molecule has 0 aromatic heterocycles. The molecule has 0 radical (unpaired) electrons. The monoisotopic (exact) mass is 548 g/mol. The van der Waals surface area contributed by atoms with Crippen molar-refractivity contribution < 1.29 is 41.7 Å². The molecule has 9 heteroatoms. The van der Waals surface area contributed by atoms with E-state index in [1.54, 1.807) is 12.1 Å². The number of halogens is 3. The van der Waals surface area contributed by atoms with Crippen molar-refractivity contribution >= 4 is 11.9 Å². The van der Waals surface area contributed by atoms with Crippen LogP contribution in [0.1, 0.15) is 58.4 Å². The lowest BCUT2D eigenvalue weighted by atomic mass is 9.48. The third kappa shape index (κ3) is 4.32. The number of carbonyl (C=O) groups is 2. The van der Waals surface area contributed by atoms with Gasteiger partial charge in [0.15, 0.2) is 0 Å². The first kappa shape index (κ1) is 27.9. The summed E-state index contributed by atoms with van der Waals surface area (Å²) < 4.78 is 65.4. The van der Waals surface area contributed by atoms with Crippen molar-refractivity contribution in [2.75, 3.05) is 20.3 Å². The lowest BCUT2D eigenvalue weighted by Gasteiger charge is -2.58. The number of cyclic esters (lactones) is 1. The molecule has 39 heavy (non-hydrogen) atoms. The molecular weight excluding hydrogens is 513 g/mol. The summed E-state index contributed by atoms with van der Waals surface area (Å²) in [6, 6.07) is 6.92. The molecule has 2 aliphatic heterocycles. The van der Waals surface area contributed by atoms with E-state index in [1.807, 2.05) is 13.8 Å². The quantitative estimate of drug-likeness (QED) is 0.342. The van der Waals surface area contributed by atoms with Gasteiger partial charge in [0.1, 0.15) is 12.7 Å². The van der Waals surface area contributed by atoms with Crippen LogP contribution in [0.4, 0.5) is 13.2 Å². The van der Waals surface area contributed by atoms with Gasteiger partial charge >= 0.3 is 18.1 Å². The second kappa shape index (κ2) is 9.77. The van der Waals surface area contributed by atoms with Crippen molar-refractivity contribution in [2.24, 2.45) is 16.7 Å². The summed E-state index contributed by atoms with van der Waals surface area (Å²) in [6.45, 7) is 6.87. The van der Waals surface area contributed by atoms with Gasteiger partial charge in [0.25, 0.3) is 5.60 Å². The maximum absolute atomic E-state index is 14.5. The first-order valence-electron chi connectivity index (χ1n) is 13.4. The zero-order chi connectivity index (χ0) is 28.2. The fourth-order valence-corrected chi connectivity index (χ4v) is 7.58. The van der Waals surface area contributed by atoms with Crippen LogP contribution in [0.2, 0.25) is 0 Å². The Kier molecular flexibility index (Phi) is 6.99. The van der Waals surface area contributed by atoms with Gasteiger partial charge in [0.05, 0.1) is 18.3 Å². The number of hydrogen-bond acceptors (Lipinski definition) is 6. The maximum Gasteiger partial charge on any atom is 0.432 e. The van der Waals surface area contributed by atoms with Crippen molar-refractivity contribution in [1.29, 1.82) is 0 Å². The molecule has 0 saturated heterocycles. The van der Waals surface area contributed by atoms with Crippen molar-refractivity contribution in [3.05, 3.63) is 58.7 Å². The second-order valence-corrected chi connectivity index (χ2v) is 11.9. The van der Waals surface area contributed by atoms with Gasteiger partial charge in [-0.3, -0.25) is 0 Å². The van der Waals surface area contributed by atoms with Crippen LogP contribution in [0.5, 0.6) is 0 Å². The fourth-order valence-electron chi connectivity index (χ4n) is 7.58. The third-order valence-corrected chi connectivity index (χ3v) is 9.64. The highest BCUT2D eigenvalue weighted by Crippen LogP contribution is 2.62. The molecule has 2 aliphatic carbocycles. The lowest BCUT2D eigenvalue weighted by Crippen LogP contribution is -2.57. The van der Waals surface area contributed by atoms with Crippen molar-refractivity contribution in [3.8, 4) is 0 Å². The van der Waals surface area contributed by atoms with Gasteiger partial charge in [-0.05, 0) is 55.1 Å². The average molecular weight is 549 g/mol. The topological polar surface area (TPSA) is 71.1 Å². The SMILES string of the molecule is CO[C@@](C(=O)O[C@H]1CC[C@]2(C)C3=C(CC[C@H]2C1(C)C)CO[C@H](C1=CCOC1=O)C3)(c1ccccc1)C(F)(F)F. The molecule has 2 heterocycles. The van der Waals surface area contributed by atoms with Gasteiger partial charge < -0.3 is 18.9 Å². The summed E-state index contributed by atoms with van der Waals surface area (Å²) >= 11 is 0. The Bertz CT molecular complexity index is 1200. The molecular formula is C30H35F3O6. The van der Waals surface area contributed by atoms with E-state index in [0.29, 0.717) is 31.4 Å². The molecule has 4 aliphatic rings. The minimum absolute atomic E-state index is 0.0538. The van der Waals surface area contributed by atoms with Crippen LogP contribution in [0, 0.1) is 16.7 Å². The summed E-state index contributed by atoms with van der Waals surface area (Å²) in [5.41, 5.74) is -1.34. The molecule has 5 rings (SSSR count). The van der Waals surface area contributed by atoms with E-state index in [1.165, 1.54) is 35.4 Å². The Labute approximate surface area is 226 Å². The van der Waals surface area contributed by atoms with Crippen molar-refractivity contribution in [1.82, 2.24) is 0 Å².